The number of benzene rings is 2. The fourth-order valence-corrected chi connectivity index (χ4v) is 6.20. The highest BCUT2D eigenvalue weighted by molar-refractivity contribution is 14.1. The lowest BCUT2D eigenvalue weighted by molar-refractivity contribution is 0.347. The zero-order valence-corrected chi connectivity index (χ0v) is 19.9. The van der Waals surface area contributed by atoms with Gasteiger partial charge in [0.25, 0.3) is 16.3 Å². The Morgan fingerprint density at radius 2 is 1.97 bits per heavy atom. The first-order valence-electron chi connectivity index (χ1n) is 8.36. The number of ether oxygens (including phenoxy) is 1. The minimum atomic E-state index is -3.91. The molecular weight excluding hydrogens is 565 g/mol. The molecule has 0 fully saturated rings. The van der Waals surface area contributed by atoms with Gasteiger partial charge in [-0.3, -0.25) is 4.52 Å². The molecule has 1 heterocycles. The molecule has 0 aliphatic heterocycles. The summed E-state index contributed by atoms with van der Waals surface area (Å²) in [6.07, 6.45) is -0.489. The fraction of sp³-hybridized carbons (Fsp3) is 0.167. The van der Waals surface area contributed by atoms with Gasteiger partial charge in [-0.15, -0.1) is 11.3 Å². The first-order chi connectivity index (χ1) is 14.3. The predicted octanol–water partition coefficient (Wildman–Crippen LogP) is 4.78. The molecule has 1 aromatic heterocycles. The Balaban J connectivity index is 1.66. The van der Waals surface area contributed by atoms with E-state index in [0.717, 1.165) is 31.9 Å². The lowest BCUT2D eigenvalue weighted by atomic mass is 10.2. The van der Waals surface area contributed by atoms with Crippen molar-refractivity contribution in [3.05, 3.63) is 53.8 Å². The van der Waals surface area contributed by atoms with E-state index in [2.05, 4.69) is 27.3 Å². The van der Waals surface area contributed by atoms with Crippen LogP contribution in [0.3, 0.4) is 0 Å². The van der Waals surface area contributed by atoms with E-state index in [1.54, 1.807) is 24.3 Å². The Labute approximate surface area is 190 Å². The molecule has 0 radical (unpaired) electrons. The van der Waals surface area contributed by atoms with Crippen molar-refractivity contribution < 1.29 is 26.6 Å². The summed E-state index contributed by atoms with van der Waals surface area (Å²) in [7, 11) is -6.39. The Bertz CT molecular complexity index is 1240. The van der Waals surface area contributed by atoms with E-state index < -0.39 is 30.2 Å². The van der Waals surface area contributed by atoms with Gasteiger partial charge in [0.1, 0.15) is 21.8 Å². The van der Waals surface area contributed by atoms with Gasteiger partial charge in [-0.05, 0) is 46.3 Å². The maximum absolute atomic E-state index is 13.6. The van der Waals surface area contributed by atoms with Crippen LogP contribution in [0.15, 0.2) is 46.7 Å². The minimum Gasteiger partial charge on any atom is -0.493 e. The number of fused-ring (bicyclic) bond motifs is 1. The fourth-order valence-electron chi connectivity index (χ4n) is 2.38. The summed E-state index contributed by atoms with van der Waals surface area (Å²) in [6.45, 7) is 0.555. The highest BCUT2D eigenvalue weighted by Crippen LogP contribution is 2.33. The molecule has 2 aromatic carbocycles. The Morgan fingerprint density at radius 3 is 2.67 bits per heavy atom. The number of sulfonamides is 1. The second-order valence-electron chi connectivity index (χ2n) is 5.79. The van der Waals surface area contributed by atoms with Crippen LogP contribution in [0.25, 0.3) is 10.1 Å². The first-order valence-corrected chi connectivity index (χ1v) is 13.6. The lowest BCUT2D eigenvalue weighted by Gasteiger charge is -2.02. The summed E-state index contributed by atoms with van der Waals surface area (Å²) in [5.74, 6) is -0.223. The maximum Gasteiger partial charge on any atom is 0.573 e. The van der Waals surface area contributed by atoms with Gasteiger partial charge in [-0.2, -0.15) is 9.98 Å². The molecule has 1 N–H and O–H groups in total. The molecule has 7 nitrogen and oxygen atoms in total. The summed E-state index contributed by atoms with van der Waals surface area (Å²) in [6, 6.07) is 11.9. The second kappa shape index (κ2) is 9.98. The van der Waals surface area contributed by atoms with Crippen LogP contribution in [0, 0.1) is 17.1 Å². The highest BCUT2D eigenvalue weighted by Gasteiger charge is 2.26. The van der Waals surface area contributed by atoms with Crippen LogP contribution < -0.4 is 14.0 Å². The SMILES string of the molecule is N#Cc1ccc(O[P+](=O)CNS(=O)(=O)c2cc3cc(OCCI)ccc3s2)cc1F. The van der Waals surface area contributed by atoms with E-state index in [-0.39, 0.29) is 15.5 Å². The molecule has 3 rings (SSSR count). The number of nitrogens with one attached hydrogen (secondary N) is 1. The normalized spacial score (nSPS) is 11.8. The van der Waals surface area contributed by atoms with Gasteiger partial charge in [0, 0.05) is 15.2 Å². The van der Waals surface area contributed by atoms with Crippen molar-refractivity contribution in [3.63, 3.8) is 0 Å². The van der Waals surface area contributed by atoms with Crippen LogP contribution in [-0.2, 0) is 14.6 Å². The second-order valence-corrected chi connectivity index (χ2v) is 11.1. The van der Waals surface area contributed by atoms with Crippen molar-refractivity contribution in [3.8, 4) is 17.6 Å². The van der Waals surface area contributed by atoms with Crippen LogP contribution >= 0.6 is 42.0 Å². The summed E-state index contributed by atoms with van der Waals surface area (Å²) >= 11 is 3.27. The molecule has 0 aliphatic carbocycles. The molecule has 156 valence electrons. The maximum atomic E-state index is 13.6. The topological polar surface area (TPSA) is 105 Å². The van der Waals surface area contributed by atoms with E-state index in [1.807, 2.05) is 0 Å². The van der Waals surface area contributed by atoms with Gasteiger partial charge in [-0.1, -0.05) is 22.6 Å². The molecule has 0 saturated heterocycles. The van der Waals surface area contributed by atoms with Crippen molar-refractivity contribution in [2.75, 3.05) is 17.3 Å². The number of alkyl halides is 1. The van der Waals surface area contributed by atoms with Crippen molar-refractivity contribution >= 4 is 62.1 Å². The molecule has 0 saturated carbocycles. The van der Waals surface area contributed by atoms with Gasteiger partial charge in [0.2, 0.25) is 0 Å². The van der Waals surface area contributed by atoms with E-state index in [0.29, 0.717) is 12.4 Å². The molecule has 0 amide bonds. The number of hydrogen-bond donors (Lipinski definition) is 1. The Morgan fingerprint density at radius 1 is 1.20 bits per heavy atom. The van der Waals surface area contributed by atoms with Crippen LogP contribution in [0.5, 0.6) is 11.5 Å². The van der Waals surface area contributed by atoms with Crippen LogP contribution in [-0.4, -0.2) is 25.7 Å². The number of hydrogen-bond acceptors (Lipinski definition) is 7. The molecule has 1 atom stereocenters. The lowest BCUT2D eigenvalue weighted by Crippen LogP contribution is -2.22. The van der Waals surface area contributed by atoms with E-state index in [1.165, 1.54) is 18.2 Å². The molecule has 0 bridgehead atoms. The summed E-state index contributed by atoms with van der Waals surface area (Å²) in [5.41, 5.74) is -0.175. The Kier molecular flexibility index (Phi) is 7.60. The van der Waals surface area contributed by atoms with Crippen LogP contribution in [0.4, 0.5) is 4.39 Å². The van der Waals surface area contributed by atoms with Gasteiger partial charge in [0.05, 0.1) is 12.2 Å². The quantitative estimate of drug-likeness (QED) is 0.222. The van der Waals surface area contributed by atoms with E-state index in [9.17, 15) is 17.4 Å². The zero-order valence-electron chi connectivity index (χ0n) is 15.2. The van der Waals surface area contributed by atoms with Crippen molar-refractivity contribution in [2.45, 2.75) is 4.21 Å². The van der Waals surface area contributed by atoms with E-state index in [4.69, 9.17) is 14.5 Å². The van der Waals surface area contributed by atoms with Crippen molar-refractivity contribution in [2.24, 2.45) is 0 Å². The highest BCUT2D eigenvalue weighted by atomic mass is 127. The van der Waals surface area contributed by atoms with E-state index >= 15 is 0 Å². The van der Waals surface area contributed by atoms with Gasteiger partial charge in [-0.25, -0.2) is 12.8 Å². The molecular formula is C18H14FIN2O5PS2+. The largest absolute Gasteiger partial charge is 0.573 e. The average Bonchev–Trinajstić information content (AvgIpc) is 3.15. The van der Waals surface area contributed by atoms with Crippen LogP contribution in [0.2, 0.25) is 0 Å². The third-order valence-corrected chi connectivity index (χ3v) is 8.20. The number of nitriles is 1. The average molecular weight is 579 g/mol. The molecule has 12 heteroatoms. The summed E-state index contributed by atoms with van der Waals surface area (Å²) in [4.78, 5) is 0. The zero-order chi connectivity index (χ0) is 21.7. The summed E-state index contributed by atoms with van der Waals surface area (Å²) in [5, 5.41) is 9.43. The number of thiophene rings is 1. The summed E-state index contributed by atoms with van der Waals surface area (Å²) < 4.78 is 65.2. The first kappa shape index (κ1) is 22.8. The molecule has 0 aliphatic rings. The third kappa shape index (κ3) is 5.65. The van der Waals surface area contributed by atoms with Gasteiger partial charge in [0.15, 0.2) is 5.75 Å². The number of nitrogens with zero attached hydrogens (tertiary/aromatic N) is 1. The number of halogens is 2. The monoisotopic (exact) mass is 579 g/mol. The van der Waals surface area contributed by atoms with Gasteiger partial charge >= 0.3 is 8.03 Å². The molecule has 0 spiro atoms. The minimum absolute atomic E-state index is 0.0623. The van der Waals surface area contributed by atoms with Crippen molar-refractivity contribution in [1.29, 1.82) is 5.26 Å². The standard InChI is InChI=1S/C18H14FIN2O5PS2/c19-16-9-15(2-1-12(16)10-21)27-28(23)11-22-30(24,25)18-8-13-7-14(26-6-5-20)3-4-17(13)29-18/h1-4,7-9,22H,5-6,11H2/q+1. The Hall–Kier alpha value is -1.84. The van der Waals surface area contributed by atoms with Crippen molar-refractivity contribution in [1.82, 2.24) is 4.72 Å². The predicted molar refractivity (Wildman–Crippen MR) is 121 cm³/mol. The molecule has 1 unspecified atom stereocenters. The molecule has 30 heavy (non-hydrogen) atoms. The van der Waals surface area contributed by atoms with Gasteiger partial charge < -0.3 is 4.74 Å². The molecule has 3 aromatic rings. The van der Waals surface area contributed by atoms with Crippen LogP contribution in [0.1, 0.15) is 5.56 Å². The number of rotatable bonds is 9. The smallest absolute Gasteiger partial charge is 0.493 e. The third-order valence-electron chi connectivity index (χ3n) is 3.73.